The Morgan fingerprint density at radius 2 is 2.12 bits per heavy atom. The zero-order chi connectivity index (χ0) is 11.6. The van der Waals surface area contributed by atoms with Gasteiger partial charge in [0.2, 0.25) is 0 Å². The topological polar surface area (TPSA) is 80.2 Å². The molecule has 6 nitrogen and oxygen atoms in total. The molecule has 6 heteroatoms. The lowest BCUT2D eigenvalue weighted by atomic mass is 10.2. The van der Waals surface area contributed by atoms with Crippen molar-refractivity contribution in [3.63, 3.8) is 0 Å². The van der Waals surface area contributed by atoms with E-state index in [-0.39, 0.29) is 19.3 Å². The first-order valence-electron chi connectivity index (χ1n) is 5.61. The molecule has 2 atom stereocenters. The van der Waals surface area contributed by atoms with Crippen molar-refractivity contribution >= 4 is 0 Å². The van der Waals surface area contributed by atoms with Crippen molar-refractivity contribution in [1.29, 1.82) is 0 Å². The third-order valence-corrected chi connectivity index (χ3v) is 2.28. The van der Waals surface area contributed by atoms with E-state index in [1.54, 1.807) is 0 Å². The number of rotatable bonds is 8. The van der Waals surface area contributed by atoms with E-state index in [1.807, 2.05) is 0 Å². The highest BCUT2D eigenvalue weighted by molar-refractivity contribution is 4.74. The molecule has 0 aliphatic carbocycles. The van der Waals surface area contributed by atoms with E-state index in [2.05, 4.69) is 5.32 Å². The Bertz CT molecular complexity index is 163. The largest absolute Gasteiger partial charge is 0.394 e. The minimum atomic E-state index is -0.606. The molecule has 0 saturated carbocycles. The van der Waals surface area contributed by atoms with Gasteiger partial charge in [-0.05, 0) is 0 Å². The molecule has 0 radical (unpaired) electrons. The van der Waals surface area contributed by atoms with E-state index in [1.165, 1.54) is 0 Å². The van der Waals surface area contributed by atoms with E-state index >= 15 is 0 Å². The molecule has 2 unspecified atom stereocenters. The molecule has 1 aliphatic heterocycles. The summed E-state index contributed by atoms with van der Waals surface area (Å²) < 4.78 is 15.6. The van der Waals surface area contributed by atoms with E-state index < -0.39 is 6.10 Å². The van der Waals surface area contributed by atoms with Crippen LogP contribution in [0.2, 0.25) is 0 Å². The van der Waals surface area contributed by atoms with Gasteiger partial charge in [-0.1, -0.05) is 0 Å². The molecule has 0 aromatic rings. The average molecular weight is 235 g/mol. The number of nitrogens with one attached hydrogen (secondary N) is 1. The molecule has 0 spiro atoms. The predicted molar refractivity (Wildman–Crippen MR) is 57.3 cm³/mol. The van der Waals surface area contributed by atoms with Gasteiger partial charge in [0.25, 0.3) is 0 Å². The smallest absolute Gasteiger partial charge is 0.105 e. The molecule has 1 heterocycles. The van der Waals surface area contributed by atoms with Crippen LogP contribution in [0, 0.1) is 0 Å². The van der Waals surface area contributed by atoms with E-state index in [0.717, 1.165) is 6.54 Å². The van der Waals surface area contributed by atoms with E-state index in [0.29, 0.717) is 33.0 Å². The Balaban J connectivity index is 1.94. The van der Waals surface area contributed by atoms with E-state index in [4.69, 9.17) is 19.3 Å². The maximum absolute atomic E-state index is 9.71. The zero-order valence-electron chi connectivity index (χ0n) is 9.43. The standard InChI is InChI=1S/C10H21NO5/c12-2-4-14-5-6-15-8-9(13)10-7-11-1-3-16-10/h9-13H,1-8H2. The third kappa shape index (κ3) is 5.74. The second-order valence-corrected chi connectivity index (χ2v) is 3.59. The third-order valence-electron chi connectivity index (χ3n) is 2.28. The Hall–Kier alpha value is -0.240. The first kappa shape index (κ1) is 13.8. The molecule has 0 amide bonds. The first-order chi connectivity index (χ1) is 7.84. The lowest BCUT2D eigenvalue weighted by molar-refractivity contribution is -0.0870. The van der Waals surface area contributed by atoms with Crippen LogP contribution in [0.1, 0.15) is 0 Å². The molecule has 0 aromatic heterocycles. The van der Waals surface area contributed by atoms with Crippen molar-refractivity contribution in [2.24, 2.45) is 0 Å². The van der Waals surface area contributed by atoms with Gasteiger partial charge in [0.1, 0.15) is 6.10 Å². The van der Waals surface area contributed by atoms with Gasteiger partial charge in [-0.2, -0.15) is 0 Å². The van der Waals surface area contributed by atoms with Crippen LogP contribution in [0.15, 0.2) is 0 Å². The fourth-order valence-corrected chi connectivity index (χ4v) is 1.43. The maximum Gasteiger partial charge on any atom is 0.105 e. The molecule has 16 heavy (non-hydrogen) atoms. The van der Waals surface area contributed by atoms with Gasteiger partial charge in [0, 0.05) is 13.1 Å². The van der Waals surface area contributed by atoms with Crippen LogP contribution in [0.3, 0.4) is 0 Å². The van der Waals surface area contributed by atoms with Crippen LogP contribution in [0.5, 0.6) is 0 Å². The van der Waals surface area contributed by atoms with Crippen LogP contribution in [0.4, 0.5) is 0 Å². The van der Waals surface area contributed by atoms with Crippen molar-refractivity contribution in [2.75, 3.05) is 52.7 Å². The van der Waals surface area contributed by atoms with Crippen molar-refractivity contribution in [3.05, 3.63) is 0 Å². The highest BCUT2D eigenvalue weighted by Gasteiger charge is 2.22. The highest BCUT2D eigenvalue weighted by atomic mass is 16.5. The van der Waals surface area contributed by atoms with Gasteiger partial charge < -0.3 is 29.7 Å². The molecule has 0 aromatic carbocycles. The molecule has 3 N–H and O–H groups in total. The summed E-state index contributed by atoms with van der Waals surface area (Å²) in [6, 6.07) is 0. The molecular formula is C10H21NO5. The second kappa shape index (κ2) is 8.86. The van der Waals surface area contributed by atoms with Crippen molar-refractivity contribution in [3.8, 4) is 0 Å². The summed E-state index contributed by atoms with van der Waals surface area (Å²) in [4.78, 5) is 0. The lowest BCUT2D eigenvalue weighted by Gasteiger charge is -2.27. The van der Waals surface area contributed by atoms with Crippen LogP contribution in [0.25, 0.3) is 0 Å². The van der Waals surface area contributed by atoms with Crippen LogP contribution in [-0.4, -0.2) is 75.2 Å². The van der Waals surface area contributed by atoms with Gasteiger partial charge in [-0.15, -0.1) is 0 Å². The predicted octanol–water partition coefficient (Wildman–Crippen LogP) is -1.64. The minimum absolute atomic E-state index is 0.0181. The minimum Gasteiger partial charge on any atom is -0.394 e. The molecule has 96 valence electrons. The van der Waals surface area contributed by atoms with Gasteiger partial charge >= 0.3 is 0 Å². The van der Waals surface area contributed by atoms with Crippen LogP contribution < -0.4 is 5.32 Å². The number of hydrogen-bond donors (Lipinski definition) is 3. The number of hydrogen-bond acceptors (Lipinski definition) is 6. The van der Waals surface area contributed by atoms with Crippen molar-refractivity contribution in [2.45, 2.75) is 12.2 Å². The number of ether oxygens (including phenoxy) is 3. The van der Waals surface area contributed by atoms with Crippen LogP contribution in [-0.2, 0) is 14.2 Å². The Morgan fingerprint density at radius 1 is 1.31 bits per heavy atom. The SMILES string of the molecule is OCCOCCOCC(O)C1CNCCO1. The summed E-state index contributed by atoms with van der Waals surface area (Å²) in [5, 5.41) is 21.3. The monoisotopic (exact) mass is 235 g/mol. The maximum atomic E-state index is 9.71. The number of aliphatic hydroxyl groups excluding tert-OH is 2. The van der Waals surface area contributed by atoms with Gasteiger partial charge in [-0.25, -0.2) is 0 Å². The summed E-state index contributed by atoms with van der Waals surface area (Å²) in [5.41, 5.74) is 0. The van der Waals surface area contributed by atoms with Gasteiger partial charge in [0.15, 0.2) is 0 Å². The molecule has 1 saturated heterocycles. The zero-order valence-corrected chi connectivity index (χ0v) is 9.43. The Morgan fingerprint density at radius 3 is 2.81 bits per heavy atom. The van der Waals surface area contributed by atoms with E-state index in [9.17, 15) is 5.11 Å². The molecule has 1 rings (SSSR count). The molecule has 0 bridgehead atoms. The summed E-state index contributed by atoms with van der Waals surface area (Å²) in [5.74, 6) is 0. The fourth-order valence-electron chi connectivity index (χ4n) is 1.43. The lowest BCUT2D eigenvalue weighted by Crippen LogP contribution is -2.46. The van der Waals surface area contributed by atoms with Gasteiger partial charge in [0.05, 0.1) is 45.7 Å². The fraction of sp³-hybridized carbons (Fsp3) is 1.00. The molecular weight excluding hydrogens is 214 g/mol. The quantitative estimate of drug-likeness (QED) is 0.438. The molecule has 1 aliphatic rings. The summed E-state index contributed by atoms with van der Waals surface area (Å²) in [7, 11) is 0. The summed E-state index contributed by atoms with van der Waals surface area (Å²) >= 11 is 0. The van der Waals surface area contributed by atoms with Gasteiger partial charge in [-0.3, -0.25) is 0 Å². The number of aliphatic hydroxyl groups is 2. The first-order valence-corrected chi connectivity index (χ1v) is 5.61. The number of morpholine rings is 1. The normalized spacial score (nSPS) is 23.2. The average Bonchev–Trinajstić information content (AvgIpc) is 2.34. The summed E-state index contributed by atoms with van der Waals surface area (Å²) in [6.45, 7) is 3.54. The van der Waals surface area contributed by atoms with Crippen molar-refractivity contribution in [1.82, 2.24) is 5.32 Å². The second-order valence-electron chi connectivity index (χ2n) is 3.59. The Labute approximate surface area is 95.5 Å². The summed E-state index contributed by atoms with van der Waals surface area (Å²) in [6.07, 6.45) is -0.794. The molecule has 1 fully saturated rings. The van der Waals surface area contributed by atoms with Crippen LogP contribution >= 0.6 is 0 Å². The van der Waals surface area contributed by atoms with Crippen molar-refractivity contribution < 1.29 is 24.4 Å². The Kier molecular flexibility index (Phi) is 7.65. The highest BCUT2D eigenvalue weighted by Crippen LogP contribution is 2.02.